The Bertz CT molecular complexity index is 1190. The normalized spacial score (nSPS) is 23.7. The highest BCUT2D eigenvalue weighted by atomic mass is 19.4. The summed E-state index contributed by atoms with van der Waals surface area (Å²) in [6.07, 6.45) is -4.17. The number of nitrogens with zero attached hydrogens (tertiary/aromatic N) is 3. The molecule has 0 saturated carbocycles. The number of unbranched alkanes of at least 4 members (excludes halogenated alkanes) is 1. The molecule has 2 unspecified atom stereocenters. The van der Waals surface area contributed by atoms with Crippen molar-refractivity contribution in [1.29, 1.82) is 0 Å². The van der Waals surface area contributed by atoms with E-state index in [-0.39, 0.29) is 50.4 Å². The Morgan fingerprint density at radius 2 is 1.98 bits per heavy atom. The van der Waals surface area contributed by atoms with Crippen molar-refractivity contribution < 1.29 is 51.6 Å². The van der Waals surface area contributed by atoms with E-state index in [1.165, 1.54) is 21.6 Å². The fourth-order valence-electron chi connectivity index (χ4n) is 5.65. The monoisotopic (exact) mass is 615 g/mol. The van der Waals surface area contributed by atoms with Gasteiger partial charge in [0, 0.05) is 39.4 Å². The van der Waals surface area contributed by atoms with Gasteiger partial charge in [0.1, 0.15) is 11.9 Å². The van der Waals surface area contributed by atoms with Crippen molar-refractivity contribution in [2.75, 3.05) is 58.1 Å². The van der Waals surface area contributed by atoms with Gasteiger partial charge in [-0.1, -0.05) is 0 Å². The van der Waals surface area contributed by atoms with E-state index >= 15 is 0 Å². The maximum atomic E-state index is 14.6. The number of epoxide rings is 1. The number of anilines is 1. The number of fused-ring (bicyclic) bond motifs is 1. The molecule has 3 aliphatic rings. The van der Waals surface area contributed by atoms with Crippen molar-refractivity contribution in [1.82, 2.24) is 9.80 Å². The van der Waals surface area contributed by atoms with Gasteiger partial charge in [-0.2, -0.15) is 13.2 Å². The second-order valence-corrected chi connectivity index (χ2v) is 11.7. The minimum Gasteiger partial charge on any atom is -0.473 e. The Hall–Kier alpha value is -3.10. The molecule has 0 aliphatic carbocycles. The third-order valence-electron chi connectivity index (χ3n) is 7.87. The van der Waals surface area contributed by atoms with Crippen LogP contribution in [0.3, 0.4) is 0 Å². The lowest BCUT2D eigenvalue weighted by Crippen LogP contribution is -2.57. The smallest absolute Gasteiger partial charge is 0.417 e. The van der Waals surface area contributed by atoms with Gasteiger partial charge in [0.05, 0.1) is 42.7 Å². The lowest BCUT2D eigenvalue weighted by molar-refractivity contribution is -0.140. The van der Waals surface area contributed by atoms with Gasteiger partial charge in [-0.05, 0) is 58.6 Å². The summed E-state index contributed by atoms with van der Waals surface area (Å²) in [7, 11) is 1.55. The SMILES string of the molecule is COCCCCN1C(=O)C(C)(COCC2CO2)Oc2cc(C(F)(F)F)c(C(=O)N(C(C)C)[C@@H]3CCCN(C(=O)O)C3)cc21. The molecule has 1 aromatic rings. The van der Waals surface area contributed by atoms with Crippen LogP contribution in [0.15, 0.2) is 12.1 Å². The number of piperidine rings is 1. The topological polar surface area (TPSA) is 121 Å². The first-order chi connectivity index (χ1) is 20.3. The molecule has 3 heterocycles. The van der Waals surface area contributed by atoms with Crippen LogP contribution in [0.2, 0.25) is 0 Å². The van der Waals surface area contributed by atoms with Crippen molar-refractivity contribution >= 4 is 23.6 Å². The van der Waals surface area contributed by atoms with Gasteiger partial charge >= 0.3 is 12.3 Å². The van der Waals surface area contributed by atoms with Crippen LogP contribution in [0, 0.1) is 0 Å². The van der Waals surface area contributed by atoms with Crippen LogP contribution in [0.1, 0.15) is 62.4 Å². The zero-order valence-electron chi connectivity index (χ0n) is 24.9. The van der Waals surface area contributed by atoms with Crippen molar-refractivity contribution in [3.8, 4) is 5.75 Å². The lowest BCUT2D eigenvalue weighted by Gasteiger charge is -2.42. The standard InChI is InChI=1S/C29H40F3N3O8/c1-18(2)35(19-8-7-9-33(14-19)27(38)39)25(36)21-12-23-24(13-22(21)29(30,31)32)43-28(3,17-41-15-20-16-42-20)26(37)34(23)10-5-6-11-40-4/h12-13,18-20H,5-11,14-17H2,1-4H3,(H,38,39)/t19-,20?,28?/m1/s1. The molecule has 3 amide bonds. The van der Waals surface area contributed by atoms with Crippen LogP contribution in [-0.4, -0.2) is 110 Å². The number of methoxy groups -OCH3 is 1. The first-order valence-corrected chi connectivity index (χ1v) is 14.5. The van der Waals surface area contributed by atoms with Gasteiger partial charge < -0.3 is 38.8 Å². The maximum absolute atomic E-state index is 14.6. The maximum Gasteiger partial charge on any atom is 0.417 e. The van der Waals surface area contributed by atoms with Crippen LogP contribution >= 0.6 is 0 Å². The summed E-state index contributed by atoms with van der Waals surface area (Å²) in [4.78, 5) is 43.3. The first-order valence-electron chi connectivity index (χ1n) is 14.5. The zero-order chi connectivity index (χ0) is 31.5. The molecule has 0 radical (unpaired) electrons. The number of likely N-dealkylation sites (tertiary alicyclic amines) is 1. The fraction of sp³-hybridized carbons (Fsp3) is 0.690. The summed E-state index contributed by atoms with van der Waals surface area (Å²) in [5.41, 5.74) is -3.38. The van der Waals surface area contributed by atoms with E-state index in [1.807, 2.05) is 0 Å². The van der Waals surface area contributed by atoms with E-state index in [1.54, 1.807) is 21.0 Å². The van der Waals surface area contributed by atoms with E-state index in [2.05, 4.69) is 0 Å². The number of halogens is 3. The summed E-state index contributed by atoms with van der Waals surface area (Å²) >= 11 is 0. The average Bonchev–Trinajstić information content (AvgIpc) is 3.76. The molecule has 240 valence electrons. The molecule has 4 rings (SSSR count). The van der Waals surface area contributed by atoms with Gasteiger partial charge in [-0.3, -0.25) is 9.59 Å². The van der Waals surface area contributed by atoms with E-state index < -0.39 is 52.9 Å². The van der Waals surface area contributed by atoms with E-state index in [4.69, 9.17) is 18.9 Å². The van der Waals surface area contributed by atoms with E-state index in [9.17, 15) is 32.7 Å². The van der Waals surface area contributed by atoms with Crippen molar-refractivity contribution in [2.45, 2.75) is 76.4 Å². The summed E-state index contributed by atoms with van der Waals surface area (Å²) in [6, 6.07) is 0.721. The van der Waals surface area contributed by atoms with Crippen LogP contribution in [0.4, 0.5) is 23.7 Å². The second-order valence-electron chi connectivity index (χ2n) is 11.7. The van der Waals surface area contributed by atoms with Crippen LogP contribution in [0.25, 0.3) is 0 Å². The molecule has 0 spiro atoms. The fourth-order valence-corrected chi connectivity index (χ4v) is 5.65. The number of carboxylic acid groups (broad SMARTS) is 1. The first kappa shape index (κ1) is 32.8. The van der Waals surface area contributed by atoms with Gasteiger partial charge in [-0.25, -0.2) is 4.79 Å². The summed E-state index contributed by atoms with van der Waals surface area (Å²) in [5.74, 6) is -1.58. The summed E-state index contributed by atoms with van der Waals surface area (Å²) < 4.78 is 65.5. The largest absolute Gasteiger partial charge is 0.473 e. The second kappa shape index (κ2) is 13.3. The van der Waals surface area contributed by atoms with Gasteiger partial charge in [0.2, 0.25) is 5.60 Å². The Kier molecular flexibility index (Phi) is 10.1. The van der Waals surface area contributed by atoms with Gasteiger partial charge in [0.25, 0.3) is 11.8 Å². The molecule has 2 saturated heterocycles. The molecule has 1 aromatic carbocycles. The molecular formula is C29H40F3N3O8. The molecule has 11 nitrogen and oxygen atoms in total. The summed E-state index contributed by atoms with van der Waals surface area (Å²) in [5, 5.41) is 9.50. The third-order valence-corrected chi connectivity index (χ3v) is 7.87. The Balaban J connectivity index is 1.74. The molecule has 2 fully saturated rings. The molecule has 14 heteroatoms. The minimum atomic E-state index is -4.92. The predicted molar refractivity (Wildman–Crippen MR) is 148 cm³/mol. The molecular weight excluding hydrogens is 575 g/mol. The van der Waals surface area contributed by atoms with Gasteiger partial charge in [0.15, 0.2) is 0 Å². The van der Waals surface area contributed by atoms with Crippen molar-refractivity contribution in [3.05, 3.63) is 23.3 Å². The highest BCUT2D eigenvalue weighted by molar-refractivity contribution is 6.05. The minimum absolute atomic E-state index is 0.0109. The highest BCUT2D eigenvalue weighted by Gasteiger charge is 2.48. The quantitative estimate of drug-likeness (QED) is 0.277. The molecule has 1 N–H and O–H groups in total. The number of hydrogen-bond donors (Lipinski definition) is 1. The van der Waals surface area contributed by atoms with E-state index in [0.29, 0.717) is 38.9 Å². The van der Waals surface area contributed by atoms with Crippen LogP contribution in [0.5, 0.6) is 5.75 Å². The Morgan fingerprint density at radius 1 is 1.26 bits per heavy atom. The van der Waals surface area contributed by atoms with Crippen LogP contribution < -0.4 is 9.64 Å². The number of amides is 3. The molecule has 3 atom stereocenters. The molecule has 43 heavy (non-hydrogen) atoms. The average molecular weight is 616 g/mol. The number of rotatable bonds is 12. The highest BCUT2D eigenvalue weighted by Crippen LogP contribution is 2.45. The predicted octanol–water partition coefficient (Wildman–Crippen LogP) is 4.02. The number of alkyl halides is 3. The van der Waals surface area contributed by atoms with Crippen LogP contribution in [-0.2, 0) is 25.2 Å². The lowest BCUT2D eigenvalue weighted by atomic mass is 9.96. The third kappa shape index (κ3) is 7.52. The summed E-state index contributed by atoms with van der Waals surface area (Å²) in [6.45, 7) is 6.24. The Morgan fingerprint density at radius 3 is 2.58 bits per heavy atom. The number of ether oxygens (including phenoxy) is 4. The Labute approximate surface area is 248 Å². The van der Waals surface area contributed by atoms with Gasteiger partial charge in [-0.15, -0.1) is 0 Å². The van der Waals surface area contributed by atoms with Crippen molar-refractivity contribution in [3.63, 3.8) is 0 Å². The number of benzene rings is 1. The molecule has 0 bridgehead atoms. The zero-order valence-corrected chi connectivity index (χ0v) is 24.9. The van der Waals surface area contributed by atoms with E-state index in [0.717, 1.165) is 12.1 Å². The number of carbonyl (C=O) groups is 3. The number of hydrogen-bond acceptors (Lipinski definition) is 7. The number of carbonyl (C=O) groups excluding carboxylic acids is 2. The van der Waals surface area contributed by atoms with Crippen molar-refractivity contribution in [2.24, 2.45) is 0 Å². The molecule has 0 aromatic heterocycles. The molecule has 3 aliphatic heterocycles.